The minimum Gasteiger partial charge on any atom is -0.379 e. The van der Waals surface area contributed by atoms with Crippen molar-refractivity contribution in [1.82, 2.24) is 15.1 Å². The summed E-state index contributed by atoms with van der Waals surface area (Å²) in [5.41, 5.74) is 5.92. The van der Waals surface area contributed by atoms with E-state index < -0.39 is 0 Å². The molecule has 0 radical (unpaired) electrons. The van der Waals surface area contributed by atoms with Crippen LogP contribution < -0.4 is 11.1 Å². The van der Waals surface area contributed by atoms with Crippen molar-refractivity contribution in [2.45, 2.75) is 32.6 Å². The second kappa shape index (κ2) is 10.8. The lowest BCUT2D eigenvalue weighted by Gasteiger charge is -2.29. The predicted molar refractivity (Wildman–Crippen MR) is 95.8 cm³/mol. The Kier molecular flexibility index (Phi) is 8.71. The topological polar surface area (TPSA) is 66.1 Å². The van der Waals surface area contributed by atoms with E-state index in [1.165, 1.54) is 25.9 Å². The first kappa shape index (κ1) is 18.5. The van der Waals surface area contributed by atoms with Crippen LogP contribution in [0.15, 0.2) is 4.99 Å². The molecule has 6 heteroatoms. The normalized spacial score (nSPS) is 22.4. The maximum absolute atomic E-state index is 5.92. The van der Waals surface area contributed by atoms with Crippen LogP contribution in [0.5, 0.6) is 0 Å². The molecule has 6 nitrogen and oxygen atoms in total. The summed E-state index contributed by atoms with van der Waals surface area (Å²) >= 11 is 0. The van der Waals surface area contributed by atoms with E-state index in [4.69, 9.17) is 10.5 Å². The van der Waals surface area contributed by atoms with Crippen LogP contribution in [0.25, 0.3) is 0 Å². The highest BCUT2D eigenvalue weighted by atomic mass is 16.5. The smallest absolute Gasteiger partial charge is 0.188 e. The van der Waals surface area contributed by atoms with Gasteiger partial charge in [-0.2, -0.15) is 0 Å². The minimum absolute atomic E-state index is 0.597. The highest BCUT2D eigenvalue weighted by Crippen LogP contribution is 2.15. The molecule has 3 N–H and O–H groups in total. The Bertz CT molecular complexity index is 336. The lowest BCUT2D eigenvalue weighted by molar-refractivity contribution is 0.0376. The van der Waals surface area contributed by atoms with Crippen molar-refractivity contribution in [1.29, 1.82) is 0 Å². The van der Waals surface area contributed by atoms with Gasteiger partial charge < -0.3 is 20.7 Å². The second-order valence-corrected chi connectivity index (χ2v) is 6.88. The third-order valence-corrected chi connectivity index (χ3v) is 4.85. The molecule has 23 heavy (non-hydrogen) atoms. The molecular formula is C17H35N5O. The number of hydrogen-bond donors (Lipinski definition) is 2. The molecule has 0 aromatic heterocycles. The number of ether oxygens (including phenoxy) is 1. The van der Waals surface area contributed by atoms with Gasteiger partial charge >= 0.3 is 0 Å². The summed E-state index contributed by atoms with van der Waals surface area (Å²) in [4.78, 5) is 9.43. The molecule has 0 aromatic carbocycles. The van der Waals surface area contributed by atoms with E-state index in [2.05, 4.69) is 27.0 Å². The maximum atomic E-state index is 5.92. The number of nitrogens with two attached hydrogens (primary N) is 1. The summed E-state index contributed by atoms with van der Waals surface area (Å²) in [5.74, 6) is 1.50. The van der Waals surface area contributed by atoms with E-state index in [1.54, 1.807) is 0 Å². The van der Waals surface area contributed by atoms with E-state index >= 15 is 0 Å². The first-order valence-corrected chi connectivity index (χ1v) is 9.30. The van der Waals surface area contributed by atoms with Crippen LogP contribution >= 0.6 is 0 Å². The quantitative estimate of drug-likeness (QED) is 0.391. The van der Waals surface area contributed by atoms with E-state index in [1.807, 2.05) is 0 Å². The molecule has 2 rings (SSSR count). The summed E-state index contributed by atoms with van der Waals surface area (Å²) in [6.07, 6.45) is 4.89. The van der Waals surface area contributed by atoms with Crippen LogP contribution in [0.2, 0.25) is 0 Å². The molecule has 2 aliphatic heterocycles. The van der Waals surface area contributed by atoms with Gasteiger partial charge in [-0.15, -0.1) is 0 Å². The van der Waals surface area contributed by atoms with Crippen LogP contribution in [0.3, 0.4) is 0 Å². The Morgan fingerprint density at radius 3 is 2.48 bits per heavy atom. The number of nitrogens with zero attached hydrogens (tertiary/aromatic N) is 3. The molecule has 0 aliphatic carbocycles. The van der Waals surface area contributed by atoms with Gasteiger partial charge in [-0.25, -0.2) is 0 Å². The first-order chi connectivity index (χ1) is 11.2. The Morgan fingerprint density at radius 2 is 1.74 bits per heavy atom. The second-order valence-electron chi connectivity index (χ2n) is 6.88. The maximum Gasteiger partial charge on any atom is 0.188 e. The molecule has 0 bridgehead atoms. The van der Waals surface area contributed by atoms with Gasteiger partial charge in [0.25, 0.3) is 0 Å². The zero-order chi connectivity index (χ0) is 16.3. The van der Waals surface area contributed by atoms with Gasteiger partial charge in [-0.1, -0.05) is 6.92 Å². The molecule has 0 atom stereocenters. The molecule has 2 saturated heterocycles. The van der Waals surface area contributed by atoms with Crippen LogP contribution in [0, 0.1) is 5.92 Å². The van der Waals surface area contributed by atoms with E-state index in [0.29, 0.717) is 5.96 Å². The van der Waals surface area contributed by atoms with Gasteiger partial charge in [0.05, 0.1) is 13.2 Å². The first-order valence-electron chi connectivity index (χ1n) is 9.30. The van der Waals surface area contributed by atoms with Gasteiger partial charge in [-0.05, 0) is 57.8 Å². The third-order valence-electron chi connectivity index (χ3n) is 4.85. The summed E-state index contributed by atoms with van der Waals surface area (Å²) in [6.45, 7) is 12.7. The Labute approximate surface area is 141 Å². The Morgan fingerprint density at radius 1 is 1.09 bits per heavy atom. The van der Waals surface area contributed by atoms with E-state index in [0.717, 1.165) is 71.2 Å². The van der Waals surface area contributed by atoms with Gasteiger partial charge in [0.15, 0.2) is 5.96 Å². The zero-order valence-electron chi connectivity index (χ0n) is 14.8. The summed E-state index contributed by atoms with van der Waals surface area (Å²) in [6, 6.07) is 0. The average molecular weight is 326 g/mol. The number of likely N-dealkylation sites (tertiary alicyclic amines) is 1. The number of morpholine rings is 1. The highest BCUT2D eigenvalue weighted by molar-refractivity contribution is 5.77. The van der Waals surface area contributed by atoms with Crippen molar-refractivity contribution in [3.05, 3.63) is 0 Å². The zero-order valence-corrected chi connectivity index (χ0v) is 14.8. The molecule has 0 aromatic rings. The van der Waals surface area contributed by atoms with Crippen molar-refractivity contribution < 1.29 is 4.74 Å². The molecule has 2 heterocycles. The molecular weight excluding hydrogens is 290 g/mol. The SMILES string of the molecule is CC1CCN(CCCN=C(N)NCCCN2CCOCC2)CC1. The molecule has 0 amide bonds. The van der Waals surface area contributed by atoms with Crippen molar-refractivity contribution in [2.24, 2.45) is 16.6 Å². The number of rotatable bonds is 8. The van der Waals surface area contributed by atoms with Crippen molar-refractivity contribution in [2.75, 3.05) is 65.6 Å². The van der Waals surface area contributed by atoms with Gasteiger partial charge in [0, 0.05) is 26.2 Å². The molecule has 0 saturated carbocycles. The van der Waals surface area contributed by atoms with Crippen LogP contribution in [0.4, 0.5) is 0 Å². The molecule has 0 spiro atoms. The van der Waals surface area contributed by atoms with E-state index in [9.17, 15) is 0 Å². The lowest BCUT2D eigenvalue weighted by Crippen LogP contribution is -2.39. The summed E-state index contributed by atoms with van der Waals surface area (Å²) < 4.78 is 5.35. The third kappa shape index (κ3) is 7.99. The lowest BCUT2D eigenvalue weighted by atomic mass is 9.99. The molecule has 2 fully saturated rings. The fourth-order valence-electron chi connectivity index (χ4n) is 3.18. The fourth-order valence-corrected chi connectivity index (χ4v) is 3.18. The number of aliphatic imine (C=N–C) groups is 1. The van der Waals surface area contributed by atoms with Crippen LogP contribution in [-0.4, -0.2) is 81.3 Å². The number of piperidine rings is 1. The van der Waals surface area contributed by atoms with Gasteiger partial charge in [0.1, 0.15) is 0 Å². The average Bonchev–Trinajstić information content (AvgIpc) is 2.58. The summed E-state index contributed by atoms with van der Waals surface area (Å²) in [5, 5.41) is 3.22. The standard InChI is InChI=1S/C17H35N5O/c1-16-4-10-21(11-5-16)8-2-6-19-17(18)20-7-3-9-22-12-14-23-15-13-22/h16H,2-15H2,1H3,(H3,18,19,20). The predicted octanol–water partition coefficient (Wildman–Crippen LogP) is 0.735. The van der Waals surface area contributed by atoms with Crippen LogP contribution in [-0.2, 0) is 4.74 Å². The van der Waals surface area contributed by atoms with Crippen molar-refractivity contribution >= 4 is 5.96 Å². The molecule has 0 unspecified atom stereocenters. The number of guanidine groups is 1. The number of hydrogen-bond acceptors (Lipinski definition) is 4. The van der Waals surface area contributed by atoms with Gasteiger partial charge in [-0.3, -0.25) is 9.89 Å². The highest BCUT2D eigenvalue weighted by Gasteiger charge is 2.14. The Hall–Kier alpha value is -0.850. The van der Waals surface area contributed by atoms with Crippen molar-refractivity contribution in [3.8, 4) is 0 Å². The van der Waals surface area contributed by atoms with E-state index in [-0.39, 0.29) is 0 Å². The van der Waals surface area contributed by atoms with Crippen LogP contribution in [0.1, 0.15) is 32.6 Å². The minimum atomic E-state index is 0.597. The number of nitrogens with one attached hydrogen (secondary N) is 1. The van der Waals surface area contributed by atoms with Gasteiger partial charge in [0.2, 0.25) is 0 Å². The fraction of sp³-hybridized carbons (Fsp3) is 0.941. The largest absolute Gasteiger partial charge is 0.379 e. The molecule has 2 aliphatic rings. The molecule has 134 valence electrons. The Balaban J connectivity index is 1.45. The van der Waals surface area contributed by atoms with Crippen molar-refractivity contribution in [3.63, 3.8) is 0 Å². The summed E-state index contributed by atoms with van der Waals surface area (Å²) in [7, 11) is 0. The monoisotopic (exact) mass is 325 g/mol.